The van der Waals surface area contributed by atoms with E-state index in [1.807, 2.05) is 0 Å². The number of amides is 2. The summed E-state index contributed by atoms with van der Waals surface area (Å²) >= 11 is 0. The molecule has 0 aromatic carbocycles. The number of ether oxygens (including phenoxy) is 2. The second kappa shape index (κ2) is 4.71. The average Bonchev–Trinajstić information content (AvgIpc) is 2.59. The Bertz CT molecular complexity index is 427. The number of hydrogen-bond donors (Lipinski definition) is 1. The van der Waals surface area contributed by atoms with Gasteiger partial charge in [0.05, 0.1) is 12.0 Å². The van der Waals surface area contributed by atoms with Crippen LogP contribution in [0.25, 0.3) is 0 Å². The highest BCUT2D eigenvalue weighted by Crippen LogP contribution is 2.25. The van der Waals surface area contributed by atoms with Gasteiger partial charge in [-0.3, -0.25) is 4.79 Å². The van der Waals surface area contributed by atoms with Gasteiger partial charge in [-0.05, 0) is 20.8 Å². The van der Waals surface area contributed by atoms with Crippen LogP contribution >= 0.6 is 0 Å². The molecule has 0 unspecified atom stereocenters. The van der Waals surface area contributed by atoms with E-state index in [2.05, 4.69) is 10.4 Å². The first-order valence-corrected chi connectivity index (χ1v) is 6.23. The van der Waals surface area contributed by atoms with Gasteiger partial charge in [-0.1, -0.05) is 0 Å². The van der Waals surface area contributed by atoms with Gasteiger partial charge in [0.2, 0.25) is 11.8 Å². The van der Waals surface area contributed by atoms with Crippen molar-refractivity contribution in [2.24, 2.45) is 11.0 Å². The largest absolute Gasteiger partial charge is 0.477 e. The van der Waals surface area contributed by atoms with Gasteiger partial charge in [0, 0.05) is 13.5 Å². The van der Waals surface area contributed by atoms with Crippen LogP contribution in [0.5, 0.6) is 0 Å². The molecule has 0 radical (unpaired) electrons. The maximum Gasteiger partial charge on any atom is 0.408 e. The van der Waals surface area contributed by atoms with Gasteiger partial charge in [-0.2, -0.15) is 0 Å². The van der Waals surface area contributed by atoms with Crippen LogP contribution in [0.1, 0.15) is 27.2 Å². The molecular formula is C12H19N3O4. The summed E-state index contributed by atoms with van der Waals surface area (Å²) in [5.74, 6) is 0.217. The molecule has 106 valence electrons. The van der Waals surface area contributed by atoms with Gasteiger partial charge in [0.15, 0.2) is 0 Å². The lowest BCUT2D eigenvalue weighted by Crippen LogP contribution is -2.45. The van der Waals surface area contributed by atoms with Gasteiger partial charge in [-0.15, -0.1) is 5.10 Å². The molecule has 7 heteroatoms. The molecule has 0 saturated carbocycles. The number of alkyl carbamates (subject to hydrolysis) is 1. The SMILES string of the molecule is CN1N=C2OC[C@H](NC(=O)OC(C)(C)C)[C@H]2CC1=O. The Morgan fingerprint density at radius 3 is 2.84 bits per heavy atom. The molecule has 1 N–H and O–H groups in total. The Labute approximate surface area is 111 Å². The second-order valence-corrected chi connectivity index (χ2v) is 5.73. The first kappa shape index (κ1) is 13.6. The summed E-state index contributed by atoms with van der Waals surface area (Å²) in [7, 11) is 1.59. The fraction of sp³-hybridized carbons (Fsp3) is 0.750. The fourth-order valence-electron chi connectivity index (χ4n) is 2.03. The van der Waals surface area contributed by atoms with E-state index in [1.165, 1.54) is 5.01 Å². The van der Waals surface area contributed by atoms with Gasteiger partial charge < -0.3 is 14.8 Å². The van der Waals surface area contributed by atoms with Gasteiger partial charge in [0.25, 0.3) is 0 Å². The van der Waals surface area contributed by atoms with Crippen molar-refractivity contribution in [2.45, 2.75) is 38.8 Å². The molecule has 2 amide bonds. The molecule has 2 aliphatic heterocycles. The molecule has 0 aromatic heterocycles. The van der Waals surface area contributed by atoms with E-state index in [-0.39, 0.29) is 24.3 Å². The third-order valence-corrected chi connectivity index (χ3v) is 2.92. The maximum absolute atomic E-state index is 11.7. The van der Waals surface area contributed by atoms with Gasteiger partial charge in [-0.25, -0.2) is 9.80 Å². The smallest absolute Gasteiger partial charge is 0.408 e. The zero-order valence-electron chi connectivity index (χ0n) is 11.6. The van der Waals surface area contributed by atoms with E-state index in [0.29, 0.717) is 12.5 Å². The summed E-state index contributed by atoms with van der Waals surface area (Å²) in [6, 6.07) is -0.272. The number of nitrogens with zero attached hydrogens (tertiary/aromatic N) is 2. The lowest BCUT2D eigenvalue weighted by molar-refractivity contribution is -0.131. The number of nitrogens with one attached hydrogen (secondary N) is 1. The highest BCUT2D eigenvalue weighted by atomic mass is 16.6. The summed E-state index contributed by atoms with van der Waals surface area (Å²) in [5, 5.41) is 8.04. The molecule has 19 heavy (non-hydrogen) atoms. The van der Waals surface area contributed by atoms with Crippen molar-refractivity contribution in [1.29, 1.82) is 0 Å². The number of rotatable bonds is 1. The van der Waals surface area contributed by atoms with Crippen molar-refractivity contribution in [3.63, 3.8) is 0 Å². The minimum atomic E-state index is -0.553. The number of hydrazone groups is 1. The highest BCUT2D eigenvalue weighted by Gasteiger charge is 2.41. The van der Waals surface area contributed by atoms with Crippen molar-refractivity contribution >= 4 is 17.9 Å². The minimum Gasteiger partial charge on any atom is -0.477 e. The Balaban J connectivity index is 1.98. The molecule has 1 saturated heterocycles. The Morgan fingerprint density at radius 1 is 1.53 bits per heavy atom. The maximum atomic E-state index is 11.7. The standard InChI is InChI=1S/C12H19N3O4/c1-12(2,3)19-11(17)13-8-6-18-10-7(8)5-9(16)15(4)14-10/h7-8H,5-6H2,1-4H3,(H,13,17)/t7-,8+/m1/s1. The zero-order valence-corrected chi connectivity index (χ0v) is 11.6. The van der Waals surface area contributed by atoms with Crippen molar-refractivity contribution in [3.05, 3.63) is 0 Å². The first-order valence-electron chi connectivity index (χ1n) is 6.23. The first-order chi connectivity index (χ1) is 8.76. The predicted molar refractivity (Wildman–Crippen MR) is 67.4 cm³/mol. The van der Waals surface area contributed by atoms with Crippen LogP contribution in [-0.4, -0.2) is 48.2 Å². The summed E-state index contributed by atoms with van der Waals surface area (Å²) < 4.78 is 10.6. The van der Waals surface area contributed by atoms with Gasteiger partial charge >= 0.3 is 6.09 Å². The lowest BCUT2D eigenvalue weighted by atomic mass is 9.97. The van der Waals surface area contributed by atoms with Crippen molar-refractivity contribution < 1.29 is 19.1 Å². The van der Waals surface area contributed by atoms with E-state index in [4.69, 9.17) is 9.47 Å². The van der Waals surface area contributed by atoms with E-state index in [1.54, 1.807) is 27.8 Å². The van der Waals surface area contributed by atoms with Crippen molar-refractivity contribution in [1.82, 2.24) is 10.3 Å². The molecule has 0 bridgehead atoms. The van der Waals surface area contributed by atoms with Gasteiger partial charge in [0.1, 0.15) is 12.2 Å². The molecule has 2 atom stereocenters. The molecule has 2 rings (SSSR count). The summed E-state index contributed by atoms with van der Waals surface area (Å²) in [4.78, 5) is 23.3. The fourth-order valence-corrected chi connectivity index (χ4v) is 2.03. The van der Waals surface area contributed by atoms with Crippen LogP contribution in [0.3, 0.4) is 0 Å². The molecule has 7 nitrogen and oxygen atoms in total. The van der Waals surface area contributed by atoms with Crippen LogP contribution in [-0.2, 0) is 14.3 Å². The van der Waals surface area contributed by atoms with Crippen molar-refractivity contribution in [2.75, 3.05) is 13.7 Å². The van der Waals surface area contributed by atoms with Crippen LogP contribution in [0.2, 0.25) is 0 Å². The van der Waals surface area contributed by atoms with Crippen LogP contribution in [0, 0.1) is 5.92 Å². The quantitative estimate of drug-likeness (QED) is 0.760. The molecule has 0 aromatic rings. The molecule has 0 aliphatic carbocycles. The number of hydrogen-bond acceptors (Lipinski definition) is 5. The molecule has 1 fully saturated rings. The minimum absolute atomic E-state index is 0.0877. The second-order valence-electron chi connectivity index (χ2n) is 5.73. The Hall–Kier alpha value is -1.79. The van der Waals surface area contributed by atoms with Crippen LogP contribution in [0.4, 0.5) is 4.79 Å². The third kappa shape index (κ3) is 3.15. The van der Waals surface area contributed by atoms with Crippen LogP contribution in [0.15, 0.2) is 5.10 Å². The Kier molecular flexibility index (Phi) is 3.38. The molecule has 2 aliphatic rings. The van der Waals surface area contributed by atoms with E-state index in [0.717, 1.165) is 0 Å². The highest BCUT2D eigenvalue weighted by molar-refractivity contribution is 5.92. The molecule has 2 heterocycles. The Morgan fingerprint density at radius 2 is 2.21 bits per heavy atom. The lowest BCUT2D eigenvalue weighted by Gasteiger charge is -2.25. The third-order valence-electron chi connectivity index (χ3n) is 2.92. The summed E-state index contributed by atoms with van der Waals surface area (Å²) in [6.45, 7) is 5.70. The summed E-state index contributed by atoms with van der Waals surface area (Å²) in [6.07, 6.45) is -0.218. The number of carbonyl (C=O) groups is 2. The monoisotopic (exact) mass is 269 g/mol. The average molecular weight is 269 g/mol. The van der Waals surface area contributed by atoms with E-state index >= 15 is 0 Å². The number of carbonyl (C=O) groups excluding carboxylic acids is 2. The van der Waals surface area contributed by atoms with E-state index in [9.17, 15) is 9.59 Å². The topological polar surface area (TPSA) is 80.2 Å². The van der Waals surface area contributed by atoms with Crippen molar-refractivity contribution in [3.8, 4) is 0 Å². The van der Waals surface area contributed by atoms with Crippen LogP contribution < -0.4 is 5.32 Å². The molecular weight excluding hydrogens is 250 g/mol. The van der Waals surface area contributed by atoms with E-state index < -0.39 is 11.7 Å². The molecule has 0 spiro atoms. The number of fused-ring (bicyclic) bond motifs is 1. The summed E-state index contributed by atoms with van der Waals surface area (Å²) in [5.41, 5.74) is -0.553. The zero-order chi connectivity index (χ0) is 14.2. The normalized spacial score (nSPS) is 26.4. The predicted octanol–water partition coefficient (Wildman–Crippen LogP) is 0.702.